The van der Waals surface area contributed by atoms with Crippen molar-refractivity contribution in [2.24, 2.45) is 0 Å². The van der Waals surface area contributed by atoms with Crippen LogP contribution in [-0.2, 0) is 19.3 Å². The van der Waals surface area contributed by atoms with Crippen LogP contribution in [0.5, 0.6) is 0 Å². The Balaban J connectivity index is 1.46. The first-order valence-electron chi connectivity index (χ1n) is 9.37. The van der Waals surface area contributed by atoms with E-state index in [9.17, 15) is 9.18 Å². The van der Waals surface area contributed by atoms with Crippen LogP contribution in [0.3, 0.4) is 0 Å². The summed E-state index contributed by atoms with van der Waals surface area (Å²) in [5.41, 5.74) is 5.77. The molecule has 0 radical (unpaired) electrons. The van der Waals surface area contributed by atoms with Crippen LogP contribution in [0.2, 0.25) is 0 Å². The van der Waals surface area contributed by atoms with Crippen molar-refractivity contribution < 1.29 is 9.18 Å². The van der Waals surface area contributed by atoms with E-state index in [2.05, 4.69) is 20.5 Å². The van der Waals surface area contributed by atoms with Crippen molar-refractivity contribution in [2.75, 3.05) is 0 Å². The summed E-state index contributed by atoms with van der Waals surface area (Å²) in [7, 11) is 0. The molecule has 2 aliphatic rings. The zero-order valence-corrected chi connectivity index (χ0v) is 14.5. The van der Waals surface area contributed by atoms with Gasteiger partial charge in [-0.25, -0.2) is 4.39 Å². The second-order valence-electron chi connectivity index (χ2n) is 7.36. The number of fused-ring (bicyclic) bond motifs is 4. The lowest BCUT2D eigenvalue weighted by molar-refractivity contribution is 0.0925. The van der Waals surface area contributed by atoms with Crippen molar-refractivity contribution in [3.8, 4) is 0 Å². The Morgan fingerprint density at radius 3 is 2.92 bits per heavy atom. The summed E-state index contributed by atoms with van der Waals surface area (Å²) in [5.74, 6) is -0.347. The number of carbonyl (C=O) groups excluding carboxylic acids is 1. The molecule has 0 spiro atoms. The van der Waals surface area contributed by atoms with Gasteiger partial charge in [0.2, 0.25) is 0 Å². The van der Waals surface area contributed by atoms with Crippen LogP contribution in [-0.4, -0.2) is 21.1 Å². The van der Waals surface area contributed by atoms with E-state index in [0.29, 0.717) is 5.69 Å². The summed E-state index contributed by atoms with van der Waals surface area (Å²) in [6.07, 6.45) is 6.89. The van der Waals surface area contributed by atoms with E-state index in [1.54, 1.807) is 12.1 Å². The highest BCUT2D eigenvalue weighted by Crippen LogP contribution is 2.35. The molecule has 0 aliphatic heterocycles. The normalized spacial score (nSPS) is 19.2. The quantitative estimate of drug-likeness (QED) is 0.658. The average molecular weight is 352 g/mol. The van der Waals surface area contributed by atoms with Gasteiger partial charge in [-0.15, -0.1) is 0 Å². The second-order valence-corrected chi connectivity index (χ2v) is 7.36. The Labute approximate surface area is 150 Å². The number of amides is 1. The fraction of sp³-hybridized carbons (Fsp3) is 0.400. The summed E-state index contributed by atoms with van der Waals surface area (Å²) in [6, 6.07) is 4.73. The lowest BCUT2D eigenvalue weighted by atomic mass is 9.91. The summed E-state index contributed by atoms with van der Waals surface area (Å²) in [6.45, 7) is 0. The molecule has 0 saturated carbocycles. The first-order valence-corrected chi connectivity index (χ1v) is 9.37. The maximum Gasteiger partial charge on any atom is 0.272 e. The van der Waals surface area contributed by atoms with E-state index in [4.69, 9.17) is 0 Å². The maximum atomic E-state index is 13.6. The Hall–Kier alpha value is -2.63. The molecular formula is C20H21FN4O. The average Bonchev–Trinajstić information content (AvgIpc) is 3.24. The molecule has 0 unspecified atom stereocenters. The van der Waals surface area contributed by atoms with Gasteiger partial charge < -0.3 is 10.3 Å². The number of aromatic nitrogens is 3. The molecular weight excluding hydrogens is 331 g/mol. The smallest absolute Gasteiger partial charge is 0.272 e. The number of nitrogens with zero attached hydrogens (tertiary/aromatic N) is 1. The van der Waals surface area contributed by atoms with Crippen LogP contribution in [0, 0.1) is 5.82 Å². The molecule has 1 amide bonds. The van der Waals surface area contributed by atoms with Crippen molar-refractivity contribution in [3.05, 3.63) is 52.2 Å². The van der Waals surface area contributed by atoms with Gasteiger partial charge in [0.05, 0.1) is 6.04 Å². The topological polar surface area (TPSA) is 73.6 Å². The van der Waals surface area contributed by atoms with Gasteiger partial charge >= 0.3 is 0 Å². The molecule has 1 aromatic carbocycles. The first kappa shape index (κ1) is 15.6. The van der Waals surface area contributed by atoms with Crippen molar-refractivity contribution in [1.29, 1.82) is 0 Å². The molecule has 0 saturated heterocycles. The highest BCUT2D eigenvalue weighted by molar-refractivity contribution is 5.94. The number of benzene rings is 1. The van der Waals surface area contributed by atoms with E-state index >= 15 is 0 Å². The van der Waals surface area contributed by atoms with Crippen LogP contribution >= 0.6 is 0 Å². The van der Waals surface area contributed by atoms with Gasteiger partial charge in [0.25, 0.3) is 5.91 Å². The minimum absolute atomic E-state index is 0.0855. The first-order chi connectivity index (χ1) is 12.7. The van der Waals surface area contributed by atoms with Gasteiger partial charge in [0.15, 0.2) is 5.69 Å². The Kier molecular flexibility index (Phi) is 3.58. The summed E-state index contributed by atoms with van der Waals surface area (Å²) >= 11 is 0. The van der Waals surface area contributed by atoms with E-state index in [0.717, 1.165) is 78.4 Å². The number of hydrogen-bond donors (Lipinski definition) is 3. The number of nitrogens with one attached hydrogen (secondary N) is 3. The molecule has 1 atom stereocenters. The van der Waals surface area contributed by atoms with E-state index < -0.39 is 0 Å². The standard InChI is InChI=1S/C20H21FN4O/c21-11-8-9-15-14(10-11)12-5-3-7-17(18(12)22-15)23-20(26)19-13-4-1-2-6-16(13)24-25-19/h8-10,17,22H,1-7H2,(H,23,26)(H,24,25)/t17-/m1/s1. The molecule has 2 aliphatic carbocycles. The fourth-order valence-electron chi connectivity index (χ4n) is 4.47. The van der Waals surface area contributed by atoms with Crippen LogP contribution in [0.15, 0.2) is 18.2 Å². The minimum Gasteiger partial charge on any atom is -0.356 e. The molecule has 134 valence electrons. The zero-order chi connectivity index (χ0) is 17.7. The Bertz CT molecular complexity index is 1000. The molecule has 2 heterocycles. The van der Waals surface area contributed by atoms with E-state index in [1.807, 2.05) is 0 Å². The summed E-state index contributed by atoms with van der Waals surface area (Å²) < 4.78 is 13.6. The van der Waals surface area contributed by atoms with Gasteiger partial charge in [-0.2, -0.15) is 5.10 Å². The molecule has 3 N–H and O–H groups in total. The van der Waals surface area contributed by atoms with Crippen molar-refractivity contribution in [2.45, 2.75) is 51.0 Å². The Morgan fingerprint density at radius 1 is 1.15 bits per heavy atom. The third kappa shape index (κ3) is 2.43. The summed E-state index contributed by atoms with van der Waals surface area (Å²) in [5, 5.41) is 11.4. The third-order valence-electron chi connectivity index (χ3n) is 5.75. The van der Waals surface area contributed by atoms with Crippen LogP contribution in [0.1, 0.15) is 64.7 Å². The van der Waals surface area contributed by atoms with Crippen molar-refractivity contribution >= 4 is 16.8 Å². The molecule has 5 nitrogen and oxygen atoms in total. The second kappa shape index (κ2) is 5.97. The summed E-state index contributed by atoms with van der Waals surface area (Å²) in [4.78, 5) is 16.3. The number of carbonyl (C=O) groups is 1. The van der Waals surface area contributed by atoms with Gasteiger partial charge in [-0.05, 0) is 68.7 Å². The van der Waals surface area contributed by atoms with Gasteiger partial charge in [-0.3, -0.25) is 9.89 Å². The number of aromatic amines is 2. The maximum absolute atomic E-state index is 13.6. The molecule has 5 rings (SSSR count). The molecule has 0 fully saturated rings. The SMILES string of the molecule is O=C(N[C@@H]1CCCc2c1[nH]c1ccc(F)cc21)c1n[nH]c2c1CCCC2. The number of rotatable bonds is 2. The van der Waals surface area contributed by atoms with E-state index in [-0.39, 0.29) is 17.8 Å². The predicted octanol–water partition coefficient (Wildman–Crippen LogP) is 3.72. The Morgan fingerprint density at radius 2 is 2.00 bits per heavy atom. The highest BCUT2D eigenvalue weighted by Gasteiger charge is 2.28. The molecule has 2 aromatic heterocycles. The number of hydrogen-bond acceptors (Lipinski definition) is 2. The molecule has 3 aromatic rings. The van der Waals surface area contributed by atoms with Crippen molar-refractivity contribution in [3.63, 3.8) is 0 Å². The fourth-order valence-corrected chi connectivity index (χ4v) is 4.47. The van der Waals surface area contributed by atoms with Crippen LogP contribution in [0.4, 0.5) is 4.39 Å². The zero-order valence-electron chi connectivity index (χ0n) is 14.5. The highest BCUT2D eigenvalue weighted by atomic mass is 19.1. The predicted molar refractivity (Wildman–Crippen MR) is 96.6 cm³/mol. The lowest BCUT2D eigenvalue weighted by Gasteiger charge is -2.23. The van der Waals surface area contributed by atoms with Gasteiger partial charge in [0, 0.05) is 27.9 Å². The molecule has 0 bridgehead atoms. The minimum atomic E-state index is -0.228. The van der Waals surface area contributed by atoms with Crippen molar-refractivity contribution in [1.82, 2.24) is 20.5 Å². The largest absolute Gasteiger partial charge is 0.356 e. The number of aryl methyl sites for hydroxylation is 2. The number of H-pyrrole nitrogens is 2. The monoisotopic (exact) mass is 352 g/mol. The molecule has 6 heteroatoms. The lowest BCUT2D eigenvalue weighted by Crippen LogP contribution is -2.32. The van der Waals surface area contributed by atoms with E-state index in [1.165, 1.54) is 6.07 Å². The number of halogens is 1. The van der Waals surface area contributed by atoms with Crippen LogP contribution < -0.4 is 5.32 Å². The molecule has 26 heavy (non-hydrogen) atoms. The third-order valence-corrected chi connectivity index (χ3v) is 5.75. The van der Waals surface area contributed by atoms with Crippen LogP contribution in [0.25, 0.3) is 10.9 Å². The van der Waals surface area contributed by atoms with Gasteiger partial charge in [0.1, 0.15) is 5.82 Å². The van der Waals surface area contributed by atoms with Gasteiger partial charge in [-0.1, -0.05) is 0 Å².